The fourth-order valence-electron chi connectivity index (χ4n) is 1.15. The maximum Gasteiger partial charge on any atom is 0.422 e. The van der Waals surface area contributed by atoms with Crippen LogP contribution in [0.5, 0.6) is 5.75 Å². The summed E-state index contributed by atoms with van der Waals surface area (Å²) >= 11 is 0. The molecule has 1 aromatic rings. The molecule has 86 valence electrons. The number of nitrogens with one attached hydrogen (secondary N) is 1. The van der Waals surface area contributed by atoms with E-state index < -0.39 is 24.3 Å². The van der Waals surface area contributed by atoms with Crippen LogP contribution in [0.25, 0.3) is 5.70 Å². The number of halogens is 4. The van der Waals surface area contributed by atoms with Crippen LogP contribution in [0.3, 0.4) is 0 Å². The lowest BCUT2D eigenvalue weighted by Crippen LogP contribution is -2.19. The highest BCUT2D eigenvalue weighted by atomic mass is 19.4. The number of hydrogen-bond donors (Lipinski definition) is 1. The Morgan fingerprint density at radius 1 is 1.25 bits per heavy atom. The Morgan fingerprint density at radius 2 is 1.94 bits per heavy atom. The largest absolute Gasteiger partial charge is 0.481 e. The standard InChI is InChI=1S/C10H7F4NO/c11-7-3-6(8-4-15-8)1-2-9(7)16-5-10(12,13)14/h1-4,15H,5H2. The van der Waals surface area contributed by atoms with E-state index in [2.05, 4.69) is 10.1 Å². The molecule has 2 rings (SSSR count). The molecule has 0 bridgehead atoms. The lowest BCUT2D eigenvalue weighted by Gasteiger charge is -2.10. The zero-order valence-electron chi connectivity index (χ0n) is 7.94. The van der Waals surface area contributed by atoms with Crippen LogP contribution in [0.1, 0.15) is 5.56 Å². The molecule has 1 N–H and O–H groups in total. The van der Waals surface area contributed by atoms with E-state index in [0.717, 1.165) is 11.8 Å². The molecule has 0 saturated carbocycles. The van der Waals surface area contributed by atoms with E-state index in [1.807, 2.05) is 0 Å². The molecular formula is C10H7F4NO. The zero-order valence-corrected chi connectivity index (χ0v) is 7.94. The second-order valence-electron chi connectivity index (χ2n) is 3.25. The molecule has 0 radical (unpaired) electrons. The molecular weight excluding hydrogens is 226 g/mol. The summed E-state index contributed by atoms with van der Waals surface area (Å²) in [7, 11) is 0. The van der Waals surface area contributed by atoms with Gasteiger partial charge in [-0.25, -0.2) is 4.39 Å². The fourth-order valence-corrected chi connectivity index (χ4v) is 1.15. The Kier molecular flexibility index (Phi) is 2.49. The molecule has 0 aromatic heterocycles. The molecule has 16 heavy (non-hydrogen) atoms. The van der Waals surface area contributed by atoms with Crippen molar-refractivity contribution in [2.75, 3.05) is 6.61 Å². The maximum absolute atomic E-state index is 13.3. The summed E-state index contributed by atoms with van der Waals surface area (Å²) in [5, 5.41) is 2.76. The lowest BCUT2D eigenvalue weighted by molar-refractivity contribution is -0.153. The Balaban J connectivity index is 2.07. The molecule has 1 aromatic carbocycles. The van der Waals surface area contributed by atoms with E-state index in [0.29, 0.717) is 5.56 Å². The van der Waals surface area contributed by atoms with Gasteiger partial charge < -0.3 is 10.1 Å². The Hall–Kier alpha value is -1.72. The molecule has 1 aliphatic rings. The van der Waals surface area contributed by atoms with Crippen molar-refractivity contribution >= 4 is 5.70 Å². The van der Waals surface area contributed by atoms with Crippen molar-refractivity contribution in [3.8, 4) is 5.75 Å². The van der Waals surface area contributed by atoms with Crippen LogP contribution < -0.4 is 10.1 Å². The van der Waals surface area contributed by atoms with Crippen LogP contribution in [-0.2, 0) is 0 Å². The van der Waals surface area contributed by atoms with Crippen LogP contribution in [0.2, 0.25) is 0 Å². The van der Waals surface area contributed by atoms with E-state index in [9.17, 15) is 17.6 Å². The van der Waals surface area contributed by atoms with Gasteiger partial charge in [-0.2, -0.15) is 13.2 Å². The average molecular weight is 233 g/mol. The molecule has 0 amide bonds. The Morgan fingerprint density at radius 3 is 2.44 bits per heavy atom. The molecule has 0 unspecified atom stereocenters. The smallest absolute Gasteiger partial charge is 0.422 e. The van der Waals surface area contributed by atoms with Gasteiger partial charge in [0.2, 0.25) is 0 Å². The minimum atomic E-state index is -4.47. The summed E-state index contributed by atoms with van der Waals surface area (Å²) in [6, 6.07) is 3.79. The van der Waals surface area contributed by atoms with Gasteiger partial charge in [0.25, 0.3) is 0 Å². The summed E-state index contributed by atoms with van der Waals surface area (Å²) in [6.07, 6.45) is -2.81. The number of alkyl halides is 3. The Labute approximate surface area is 88.5 Å². The first-order valence-corrected chi connectivity index (χ1v) is 4.42. The summed E-state index contributed by atoms with van der Waals surface area (Å²) < 4.78 is 53.1. The third-order valence-corrected chi connectivity index (χ3v) is 1.92. The molecule has 1 aliphatic heterocycles. The maximum atomic E-state index is 13.3. The van der Waals surface area contributed by atoms with E-state index >= 15 is 0 Å². The highest BCUT2D eigenvalue weighted by Crippen LogP contribution is 2.26. The van der Waals surface area contributed by atoms with Crippen molar-refractivity contribution in [2.45, 2.75) is 6.18 Å². The van der Waals surface area contributed by atoms with Gasteiger partial charge in [0.1, 0.15) is 0 Å². The summed E-state index contributed by atoms with van der Waals surface area (Å²) in [6.45, 7) is -1.50. The first-order chi connectivity index (χ1) is 7.46. The van der Waals surface area contributed by atoms with Crippen molar-refractivity contribution in [1.29, 1.82) is 0 Å². The van der Waals surface area contributed by atoms with E-state index in [-0.39, 0.29) is 0 Å². The van der Waals surface area contributed by atoms with E-state index in [4.69, 9.17) is 0 Å². The van der Waals surface area contributed by atoms with Gasteiger partial charge in [-0.05, 0) is 18.2 Å². The molecule has 6 heteroatoms. The number of hydrogen-bond acceptors (Lipinski definition) is 2. The summed E-state index contributed by atoms with van der Waals surface area (Å²) in [4.78, 5) is 0. The second-order valence-corrected chi connectivity index (χ2v) is 3.25. The van der Waals surface area contributed by atoms with Crippen LogP contribution in [0.4, 0.5) is 17.6 Å². The number of rotatable bonds is 3. The molecule has 0 spiro atoms. The highest BCUT2D eigenvalue weighted by molar-refractivity contribution is 5.74. The molecule has 0 fully saturated rings. The fraction of sp³-hybridized carbons (Fsp3) is 0.200. The molecule has 1 heterocycles. The van der Waals surface area contributed by atoms with Crippen molar-refractivity contribution in [1.82, 2.24) is 5.32 Å². The van der Waals surface area contributed by atoms with Crippen LogP contribution in [-0.4, -0.2) is 12.8 Å². The Bertz CT molecular complexity index is 439. The van der Waals surface area contributed by atoms with Gasteiger partial charge in [0.05, 0.1) is 5.70 Å². The number of benzene rings is 1. The first-order valence-electron chi connectivity index (χ1n) is 4.42. The van der Waals surface area contributed by atoms with Gasteiger partial charge in [-0.15, -0.1) is 0 Å². The van der Waals surface area contributed by atoms with Crippen LogP contribution in [0, 0.1) is 5.82 Å². The van der Waals surface area contributed by atoms with Gasteiger partial charge in [0, 0.05) is 11.8 Å². The van der Waals surface area contributed by atoms with Crippen molar-refractivity contribution in [3.63, 3.8) is 0 Å². The predicted molar refractivity (Wildman–Crippen MR) is 49.1 cm³/mol. The molecule has 0 saturated heterocycles. The normalized spacial score (nSPS) is 14.1. The average Bonchev–Trinajstić information content (AvgIpc) is 2.97. The van der Waals surface area contributed by atoms with Gasteiger partial charge >= 0.3 is 6.18 Å². The summed E-state index contributed by atoms with van der Waals surface area (Å²) in [5.74, 6) is -1.21. The zero-order chi connectivity index (χ0) is 11.8. The van der Waals surface area contributed by atoms with Crippen molar-refractivity contribution < 1.29 is 22.3 Å². The van der Waals surface area contributed by atoms with Gasteiger partial charge in [0.15, 0.2) is 18.2 Å². The van der Waals surface area contributed by atoms with E-state index in [1.165, 1.54) is 12.1 Å². The minimum absolute atomic E-state index is 0.401. The predicted octanol–water partition coefficient (Wildman–Crippen LogP) is 2.67. The number of ether oxygens (including phenoxy) is 1. The van der Waals surface area contributed by atoms with Crippen LogP contribution >= 0.6 is 0 Å². The third kappa shape index (κ3) is 2.65. The van der Waals surface area contributed by atoms with Gasteiger partial charge in [-0.3, -0.25) is 0 Å². The van der Waals surface area contributed by atoms with Crippen LogP contribution in [0.15, 0.2) is 24.4 Å². The van der Waals surface area contributed by atoms with Crippen molar-refractivity contribution in [2.24, 2.45) is 0 Å². The first kappa shape index (κ1) is 10.8. The van der Waals surface area contributed by atoms with E-state index in [1.54, 1.807) is 6.20 Å². The SMILES string of the molecule is Fc1cc(C2=CN2)ccc1OCC(F)(F)F. The molecule has 0 atom stereocenters. The molecule has 2 nitrogen and oxygen atoms in total. The minimum Gasteiger partial charge on any atom is -0.481 e. The van der Waals surface area contributed by atoms with Crippen molar-refractivity contribution in [3.05, 3.63) is 35.8 Å². The summed E-state index contributed by atoms with van der Waals surface area (Å²) in [5.41, 5.74) is 1.33. The lowest BCUT2D eigenvalue weighted by atomic mass is 10.2. The highest BCUT2D eigenvalue weighted by Gasteiger charge is 2.29. The second kappa shape index (κ2) is 3.70. The monoisotopic (exact) mass is 233 g/mol. The molecule has 0 aliphatic carbocycles. The van der Waals surface area contributed by atoms with Gasteiger partial charge in [-0.1, -0.05) is 0 Å². The quantitative estimate of drug-likeness (QED) is 0.814. The topological polar surface area (TPSA) is 31.2 Å². The third-order valence-electron chi connectivity index (χ3n) is 1.92.